The fraction of sp³-hybridized carbons (Fsp3) is 0.500. The van der Waals surface area contributed by atoms with E-state index in [1.165, 1.54) is 6.07 Å². The lowest BCUT2D eigenvalue weighted by Gasteiger charge is -2.11. The van der Waals surface area contributed by atoms with Gasteiger partial charge in [-0.1, -0.05) is 19.1 Å². The molecule has 1 aromatic carbocycles. The van der Waals surface area contributed by atoms with Gasteiger partial charge in [-0.3, -0.25) is 0 Å². The topological polar surface area (TPSA) is 21.3 Å². The van der Waals surface area contributed by atoms with Gasteiger partial charge in [-0.15, -0.1) is 0 Å². The van der Waals surface area contributed by atoms with Crippen molar-refractivity contribution in [2.45, 2.75) is 13.5 Å². The molecule has 0 aliphatic heterocycles. The van der Waals surface area contributed by atoms with Gasteiger partial charge in [0.15, 0.2) is 0 Å². The van der Waals surface area contributed by atoms with E-state index in [0.717, 1.165) is 18.7 Å². The molecule has 1 N–H and O–H groups in total. The van der Waals surface area contributed by atoms with Crippen LogP contribution in [0.1, 0.15) is 12.5 Å². The summed E-state index contributed by atoms with van der Waals surface area (Å²) in [7, 11) is 1.70. The van der Waals surface area contributed by atoms with Crippen LogP contribution in [0.3, 0.4) is 0 Å². The number of hydrogen-bond donors (Lipinski definition) is 1. The number of nitrogens with one attached hydrogen (secondary N) is 1. The zero-order valence-electron chi connectivity index (χ0n) is 9.29. The minimum atomic E-state index is -0.181. The number of benzene rings is 1. The maximum absolute atomic E-state index is 12.8. The molecule has 0 aliphatic rings. The first-order valence-electron chi connectivity index (χ1n) is 5.16. The second-order valence-electron chi connectivity index (χ2n) is 3.82. The Bertz CT molecular complexity index is 291. The average molecular weight is 211 g/mol. The van der Waals surface area contributed by atoms with Gasteiger partial charge in [0, 0.05) is 26.8 Å². The molecule has 1 atom stereocenters. The minimum Gasteiger partial charge on any atom is -0.384 e. The minimum absolute atomic E-state index is 0.181. The Morgan fingerprint density at radius 1 is 1.47 bits per heavy atom. The van der Waals surface area contributed by atoms with Gasteiger partial charge in [0.1, 0.15) is 5.82 Å². The Morgan fingerprint density at radius 2 is 2.27 bits per heavy atom. The summed E-state index contributed by atoms with van der Waals surface area (Å²) >= 11 is 0. The quantitative estimate of drug-likeness (QED) is 0.779. The van der Waals surface area contributed by atoms with E-state index in [0.29, 0.717) is 12.5 Å². The molecule has 0 heterocycles. The zero-order valence-corrected chi connectivity index (χ0v) is 9.29. The first-order valence-corrected chi connectivity index (χ1v) is 5.16. The standard InChI is InChI=1S/C12H18FNO/c1-10(9-15-2)7-14-8-11-4-3-5-12(13)6-11/h3-6,10,14H,7-9H2,1-2H3. The van der Waals surface area contributed by atoms with Crippen LogP contribution in [0.4, 0.5) is 4.39 Å². The molecule has 3 heteroatoms. The average Bonchev–Trinajstić information content (AvgIpc) is 2.18. The molecule has 1 aromatic rings. The first-order chi connectivity index (χ1) is 7.22. The van der Waals surface area contributed by atoms with Crippen molar-refractivity contribution in [2.24, 2.45) is 5.92 Å². The van der Waals surface area contributed by atoms with Crippen LogP contribution < -0.4 is 5.32 Å². The maximum atomic E-state index is 12.8. The molecular formula is C12H18FNO. The monoisotopic (exact) mass is 211 g/mol. The smallest absolute Gasteiger partial charge is 0.123 e. The molecule has 1 rings (SSSR count). The fourth-order valence-electron chi connectivity index (χ4n) is 1.45. The van der Waals surface area contributed by atoms with Crippen molar-refractivity contribution >= 4 is 0 Å². The summed E-state index contributed by atoms with van der Waals surface area (Å²) in [6.07, 6.45) is 0. The van der Waals surface area contributed by atoms with Gasteiger partial charge in [0.25, 0.3) is 0 Å². The second-order valence-corrected chi connectivity index (χ2v) is 3.82. The van der Waals surface area contributed by atoms with Gasteiger partial charge < -0.3 is 10.1 Å². The van der Waals surface area contributed by atoms with E-state index >= 15 is 0 Å². The molecule has 0 saturated heterocycles. The SMILES string of the molecule is COCC(C)CNCc1cccc(F)c1. The van der Waals surface area contributed by atoms with Gasteiger partial charge in [-0.05, 0) is 23.6 Å². The first kappa shape index (κ1) is 12.1. The van der Waals surface area contributed by atoms with Crippen LogP contribution in [0, 0.1) is 11.7 Å². The van der Waals surface area contributed by atoms with Crippen LogP contribution in [0.5, 0.6) is 0 Å². The van der Waals surface area contributed by atoms with E-state index in [2.05, 4.69) is 12.2 Å². The Hall–Kier alpha value is -0.930. The summed E-state index contributed by atoms with van der Waals surface area (Å²) in [5.74, 6) is 0.294. The Morgan fingerprint density at radius 3 is 2.93 bits per heavy atom. The van der Waals surface area contributed by atoms with Gasteiger partial charge >= 0.3 is 0 Å². The van der Waals surface area contributed by atoms with E-state index < -0.39 is 0 Å². The number of hydrogen-bond acceptors (Lipinski definition) is 2. The van der Waals surface area contributed by atoms with Gasteiger partial charge in [0.2, 0.25) is 0 Å². The van der Waals surface area contributed by atoms with Crippen molar-refractivity contribution in [1.29, 1.82) is 0 Å². The fourth-order valence-corrected chi connectivity index (χ4v) is 1.45. The normalized spacial score (nSPS) is 12.7. The van der Waals surface area contributed by atoms with Crippen molar-refractivity contribution in [2.75, 3.05) is 20.3 Å². The highest BCUT2D eigenvalue weighted by molar-refractivity contribution is 5.15. The largest absolute Gasteiger partial charge is 0.384 e. The molecule has 1 unspecified atom stereocenters. The molecule has 0 saturated carbocycles. The molecule has 0 bridgehead atoms. The lowest BCUT2D eigenvalue weighted by Crippen LogP contribution is -2.23. The van der Waals surface area contributed by atoms with Crippen molar-refractivity contribution in [1.82, 2.24) is 5.32 Å². The van der Waals surface area contributed by atoms with Crippen LogP contribution in [-0.2, 0) is 11.3 Å². The molecule has 0 radical (unpaired) electrons. The Kier molecular flexibility index (Phi) is 5.29. The van der Waals surface area contributed by atoms with E-state index in [1.54, 1.807) is 19.2 Å². The highest BCUT2D eigenvalue weighted by atomic mass is 19.1. The third-order valence-electron chi connectivity index (χ3n) is 2.16. The van der Waals surface area contributed by atoms with Crippen LogP contribution in [0.15, 0.2) is 24.3 Å². The molecular weight excluding hydrogens is 193 g/mol. The number of methoxy groups -OCH3 is 1. The van der Waals surface area contributed by atoms with Crippen LogP contribution in [0.2, 0.25) is 0 Å². The summed E-state index contributed by atoms with van der Waals surface area (Å²) in [5.41, 5.74) is 0.972. The predicted molar refractivity (Wildman–Crippen MR) is 59.1 cm³/mol. The van der Waals surface area contributed by atoms with Gasteiger partial charge in [0.05, 0.1) is 0 Å². The molecule has 2 nitrogen and oxygen atoms in total. The Balaban J connectivity index is 2.25. The maximum Gasteiger partial charge on any atom is 0.123 e. The molecule has 15 heavy (non-hydrogen) atoms. The lowest BCUT2D eigenvalue weighted by atomic mass is 10.2. The van der Waals surface area contributed by atoms with Crippen molar-refractivity contribution in [3.05, 3.63) is 35.6 Å². The molecule has 0 spiro atoms. The van der Waals surface area contributed by atoms with Crippen LogP contribution in [0.25, 0.3) is 0 Å². The third-order valence-corrected chi connectivity index (χ3v) is 2.16. The highest BCUT2D eigenvalue weighted by Gasteiger charge is 2.00. The van der Waals surface area contributed by atoms with Gasteiger partial charge in [-0.25, -0.2) is 4.39 Å². The van der Waals surface area contributed by atoms with E-state index in [4.69, 9.17) is 4.74 Å². The van der Waals surface area contributed by atoms with Crippen molar-refractivity contribution in [3.8, 4) is 0 Å². The Labute approximate surface area is 90.4 Å². The predicted octanol–water partition coefficient (Wildman–Crippen LogP) is 2.20. The third kappa shape index (κ3) is 4.91. The van der Waals surface area contributed by atoms with Crippen molar-refractivity contribution < 1.29 is 9.13 Å². The second kappa shape index (κ2) is 6.53. The summed E-state index contributed by atoms with van der Waals surface area (Å²) in [5, 5.41) is 3.27. The van der Waals surface area contributed by atoms with E-state index in [9.17, 15) is 4.39 Å². The molecule has 0 aromatic heterocycles. The summed E-state index contributed by atoms with van der Waals surface area (Å²) in [6, 6.07) is 6.65. The van der Waals surface area contributed by atoms with Crippen LogP contribution in [-0.4, -0.2) is 20.3 Å². The molecule has 0 fully saturated rings. The van der Waals surface area contributed by atoms with E-state index in [-0.39, 0.29) is 5.82 Å². The summed E-state index contributed by atoms with van der Waals surface area (Å²) < 4.78 is 17.9. The van der Waals surface area contributed by atoms with Crippen molar-refractivity contribution in [3.63, 3.8) is 0 Å². The van der Waals surface area contributed by atoms with Gasteiger partial charge in [-0.2, -0.15) is 0 Å². The summed E-state index contributed by atoms with van der Waals surface area (Å²) in [4.78, 5) is 0. The lowest BCUT2D eigenvalue weighted by molar-refractivity contribution is 0.158. The molecule has 0 amide bonds. The van der Waals surface area contributed by atoms with E-state index in [1.807, 2.05) is 6.07 Å². The molecule has 0 aliphatic carbocycles. The van der Waals surface area contributed by atoms with Crippen LogP contribution >= 0.6 is 0 Å². The summed E-state index contributed by atoms with van der Waals surface area (Å²) in [6.45, 7) is 4.44. The number of ether oxygens (including phenoxy) is 1. The highest BCUT2D eigenvalue weighted by Crippen LogP contribution is 2.03. The zero-order chi connectivity index (χ0) is 11.1. The number of rotatable bonds is 6. The molecule has 84 valence electrons. The number of halogens is 1.